The molecule has 0 aliphatic heterocycles. The summed E-state index contributed by atoms with van der Waals surface area (Å²) >= 11 is 2.46. The SMILES string of the molecule is CCC[C@@H](C)[C@H](C)CCI. The summed E-state index contributed by atoms with van der Waals surface area (Å²) in [5.74, 6) is 1.86. The van der Waals surface area contributed by atoms with Gasteiger partial charge in [0.1, 0.15) is 0 Å². The zero-order valence-electron chi connectivity index (χ0n) is 7.36. The van der Waals surface area contributed by atoms with Gasteiger partial charge in [-0.1, -0.05) is 56.2 Å². The fourth-order valence-electron chi connectivity index (χ4n) is 1.20. The number of alkyl halides is 1. The van der Waals surface area contributed by atoms with Crippen molar-refractivity contribution in [1.82, 2.24) is 0 Å². The van der Waals surface area contributed by atoms with Crippen LogP contribution in [-0.4, -0.2) is 4.43 Å². The highest BCUT2D eigenvalue weighted by Crippen LogP contribution is 2.20. The molecule has 0 aliphatic rings. The van der Waals surface area contributed by atoms with Gasteiger partial charge < -0.3 is 0 Å². The van der Waals surface area contributed by atoms with E-state index in [0.717, 1.165) is 11.8 Å². The number of hydrogen-bond acceptors (Lipinski definition) is 0. The second-order valence-corrected chi connectivity index (χ2v) is 4.30. The van der Waals surface area contributed by atoms with Gasteiger partial charge in [-0.3, -0.25) is 0 Å². The van der Waals surface area contributed by atoms with Crippen LogP contribution in [0.1, 0.15) is 40.0 Å². The first-order valence-corrected chi connectivity index (χ1v) is 5.80. The molecule has 0 saturated carbocycles. The Kier molecular flexibility index (Phi) is 6.91. The third-order valence-electron chi connectivity index (χ3n) is 2.28. The van der Waals surface area contributed by atoms with Crippen molar-refractivity contribution in [2.45, 2.75) is 40.0 Å². The Labute approximate surface area is 78.9 Å². The van der Waals surface area contributed by atoms with E-state index in [9.17, 15) is 0 Å². The molecule has 0 unspecified atom stereocenters. The van der Waals surface area contributed by atoms with E-state index in [1.165, 1.54) is 23.7 Å². The highest BCUT2D eigenvalue weighted by atomic mass is 127. The van der Waals surface area contributed by atoms with Gasteiger partial charge in [-0.25, -0.2) is 0 Å². The summed E-state index contributed by atoms with van der Waals surface area (Å²) in [5, 5.41) is 0. The van der Waals surface area contributed by atoms with Gasteiger partial charge in [0.2, 0.25) is 0 Å². The normalized spacial score (nSPS) is 16.8. The second-order valence-electron chi connectivity index (χ2n) is 3.22. The standard InChI is InChI=1S/C9H19I/c1-4-5-8(2)9(3)6-7-10/h8-9H,4-7H2,1-3H3/t8-,9-/m1/s1. The van der Waals surface area contributed by atoms with Crippen molar-refractivity contribution in [1.29, 1.82) is 0 Å². The molecule has 0 aliphatic carbocycles. The van der Waals surface area contributed by atoms with Gasteiger partial charge in [0, 0.05) is 0 Å². The largest absolute Gasteiger partial charge is 0.0864 e. The summed E-state index contributed by atoms with van der Waals surface area (Å²) in [6.45, 7) is 7.02. The molecule has 0 heterocycles. The Hall–Kier alpha value is 0.730. The minimum absolute atomic E-state index is 0.928. The lowest BCUT2D eigenvalue weighted by molar-refractivity contribution is 0.356. The Morgan fingerprint density at radius 3 is 2.00 bits per heavy atom. The van der Waals surface area contributed by atoms with Crippen LogP contribution in [0.3, 0.4) is 0 Å². The van der Waals surface area contributed by atoms with Gasteiger partial charge in [-0.15, -0.1) is 0 Å². The van der Waals surface area contributed by atoms with Crippen LogP contribution in [0.2, 0.25) is 0 Å². The lowest BCUT2D eigenvalue weighted by atomic mass is 9.90. The molecule has 0 saturated heterocycles. The van der Waals surface area contributed by atoms with E-state index in [1.807, 2.05) is 0 Å². The summed E-state index contributed by atoms with van der Waals surface area (Å²) in [6.07, 6.45) is 4.13. The molecule has 10 heavy (non-hydrogen) atoms. The Morgan fingerprint density at radius 1 is 1.10 bits per heavy atom. The Balaban J connectivity index is 3.38. The zero-order valence-corrected chi connectivity index (χ0v) is 9.52. The summed E-state index contributed by atoms with van der Waals surface area (Å²) in [4.78, 5) is 0. The molecule has 0 aromatic rings. The van der Waals surface area contributed by atoms with Crippen molar-refractivity contribution in [2.75, 3.05) is 4.43 Å². The average Bonchev–Trinajstić information content (AvgIpc) is 1.89. The van der Waals surface area contributed by atoms with Crippen molar-refractivity contribution >= 4 is 22.6 Å². The van der Waals surface area contributed by atoms with Crippen LogP contribution in [0, 0.1) is 11.8 Å². The number of hydrogen-bond donors (Lipinski definition) is 0. The van der Waals surface area contributed by atoms with Gasteiger partial charge >= 0.3 is 0 Å². The predicted octanol–water partition coefficient (Wildman–Crippen LogP) is 3.88. The van der Waals surface area contributed by atoms with Crippen LogP contribution in [0.25, 0.3) is 0 Å². The van der Waals surface area contributed by atoms with E-state index in [4.69, 9.17) is 0 Å². The van der Waals surface area contributed by atoms with E-state index in [-0.39, 0.29) is 0 Å². The summed E-state index contributed by atoms with van der Waals surface area (Å²) in [6, 6.07) is 0. The molecule has 1 heteroatoms. The maximum Gasteiger partial charge on any atom is -0.000209 e. The van der Waals surface area contributed by atoms with Gasteiger partial charge in [0.25, 0.3) is 0 Å². The van der Waals surface area contributed by atoms with Crippen LogP contribution in [0.4, 0.5) is 0 Å². The molecule has 0 aromatic carbocycles. The fourth-order valence-corrected chi connectivity index (χ4v) is 2.18. The van der Waals surface area contributed by atoms with Gasteiger partial charge in [0.15, 0.2) is 0 Å². The minimum Gasteiger partial charge on any atom is -0.0864 e. The first-order chi connectivity index (χ1) is 4.72. The fraction of sp³-hybridized carbons (Fsp3) is 1.00. The lowest BCUT2D eigenvalue weighted by Crippen LogP contribution is -2.07. The van der Waals surface area contributed by atoms with Crippen molar-refractivity contribution < 1.29 is 0 Å². The van der Waals surface area contributed by atoms with E-state index >= 15 is 0 Å². The van der Waals surface area contributed by atoms with E-state index in [1.54, 1.807) is 0 Å². The maximum atomic E-state index is 2.46. The number of halogens is 1. The monoisotopic (exact) mass is 254 g/mol. The quantitative estimate of drug-likeness (QED) is 0.516. The summed E-state index contributed by atoms with van der Waals surface area (Å²) in [7, 11) is 0. The summed E-state index contributed by atoms with van der Waals surface area (Å²) in [5.41, 5.74) is 0. The molecule has 0 bridgehead atoms. The molecular weight excluding hydrogens is 235 g/mol. The van der Waals surface area contributed by atoms with Gasteiger partial charge in [-0.2, -0.15) is 0 Å². The second kappa shape index (κ2) is 6.44. The molecule has 0 nitrogen and oxygen atoms in total. The minimum atomic E-state index is 0.928. The van der Waals surface area contributed by atoms with E-state index < -0.39 is 0 Å². The summed E-state index contributed by atoms with van der Waals surface area (Å²) < 4.78 is 1.31. The first kappa shape index (κ1) is 10.7. The molecule has 0 N–H and O–H groups in total. The molecule has 0 aromatic heterocycles. The van der Waals surface area contributed by atoms with Gasteiger partial charge in [0.05, 0.1) is 0 Å². The third kappa shape index (κ3) is 4.53. The highest BCUT2D eigenvalue weighted by molar-refractivity contribution is 14.1. The molecular formula is C9H19I. The average molecular weight is 254 g/mol. The lowest BCUT2D eigenvalue weighted by Gasteiger charge is -2.17. The van der Waals surface area contributed by atoms with Crippen molar-refractivity contribution in [3.8, 4) is 0 Å². The molecule has 0 radical (unpaired) electrons. The number of rotatable bonds is 5. The molecule has 0 spiro atoms. The van der Waals surface area contributed by atoms with Crippen LogP contribution < -0.4 is 0 Å². The molecule has 2 atom stereocenters. The Morgan fingerprint density at radius 2 is 1.60 bits per heavy atom. The van der Waals surface area contributed by atoms with Crippen molar-refractivity contribution in [3.05, 3.63) is 0 Å². The van der Waals surface area contributed by atoms with Crippen molar-refractivity contribution in [3.63, 3.8) is 0 Å². The third-order valence-corrected chi connectivity index (χ3v) is 2.90. The van der Waals surface area contributed by atoms with Crippen molar-refractivity contribution in [2.24, 2.45) is 11.8 Å². The first-order valence-electron chi connectivity index (χ1n) is 4.28. The zero-order chi connectivity index (χ0) is 7.98. The predicted molar refractivity (Wildman–Crippen MR) is 56.7 cm³/mol. The van der Waals surface area contributed by atoms with Crippen LogP contribution in [0.5, 0.6) is 0 Å². The molecule has 62 valence electrons. The van der Waals surface area contributed by atoms with Gasteiger partial charge in [-0.05, 0) is 22.7 Å². The molecule has 0 fully saturated rings. The topological polar surface area (TPSA) is 0 Å². The smallest absolute Gasteiger partial charge is 0.000209 e. The molecule has 0 amide bonds. The Bertz CT molecular complexity index is 61.1. The van der Waals surface area contributed by atoms with Crippen LogP contribution >= 0.6 is 22.6 Å². The molecule has 0 rings (SSSR count). The van der Waals surface area contributed by atoms with E-state index in [2.05, 4.69) is 43.4 Å². The van der Waals surface area contributed by atoms with Crippen LogP contribution in [-0.2, 0) is 0 Å². The maximum absolute atomic E-state index is 2.46. The van der Waals surface area contributed by atoms with E-state index in [0.29, 0.717) is 0 Å². The van der Waals surface area contributed by atoms with Crippen LogP contribution in [0.15, 0.2) is 0 Å². The highest BCUT2D eigenvalue weighted by Gasteiger charge is 2.09.